The number of thiocarbonyl (C=S) groups is 1. The number of hydrogen-bond acceptors (Lipinski definition) is 6. The Hall–Kier alpha value is -2.68. The number of carbonyl (C=O) groups is 1. The lowest BCUT2D eigenvalue weighted by atomic mass is 10.0. The number of benzene rings is 1. The zero-order valence-electron chi connectivity index (χ0n) is 15.2. The summed E-state index contributed by atoms with van der Waals surface area (Å²) in [6.45, 7) is 3.22. The predicted octanol–water partition coefficient (Wildman–Crippen LogP) is 3.85. The molecule has 1 aromatic heterocycles. The molecule has 150 valence electrons. The fourth-order valence-electron chi connectivity index (χ4n) is 3.05. The molecule has 0 radical (unpaired) electrons. The van der Waals surface area contributed by atoms with Gasteiger partial charge in [0.05, 0.1) is 34.8 Å². The van der Waals surface area contributed by atoms with Gasteiger partial charge < -0.3 is 4.90 Å². The summed E-state index contributed by atoms with van der Waals surface area (Å²) in [5.41, 5.74) is -2.43. The predicted molar refractivity (Wildman–Crippen MR) is 107 cm³/mol. The number of hydrogen-bond donors (Lipinski definition) is 1. The van der Waals surface area contributed by atoms with E-state index in [4.69, 9.17) is 22.6 Å². The van der Waals surface area contributed by atoms with E-state index in [2.05, 4.69) is 4.98 Å². The van der Waals surface area contributed by atoms with Crippen LogP contribution in [-0.2, 0) is 11.0 Å². The molecule has 1 aliphatic heterocycles. The smallest absolute Gasteiger partial charge is 0.302 e. The van der Waals surface area contributed by atoms with Gasteiger partial charge in [0.1, 0.15) is 5.54 Å². The lowest BCUT2D eigenvalue weighted by Gasteiger charge is -2.29. The number of nitrogens with two attached hydrogens (primary N) is 1. The lowest BCUT2D eigenvalue weighted by Crippen LogP contribution is -2.44. The molecule has 6 nitrogen and oxygen atoms in total. The van der Waals surface area contributed by atoms with Gasteiger partial charge in [0.2, 0.25) is 0 Å². The number of carbonyl (C=O) groups excluding carboxylic acids is 1. The summed E-state index contributed by atoms with van der Waals surface area (Å²) in [5, 5.41) is 14.5. The number of anilines is 2. The summed E-state index contributed by atoms with van der Waals surface area (Å²) < 4.78 is 40.1. The maximum atomic E-state index is 13.4. The van der Waals surface area contributed by atoms with Crippen molar-refractivity contribution >= 4 is 46.6 Å². The van der Waals surface area contributed by atoms with Crippen molar-refractivity contribution in [2.75, 3.05) is 9.80 Å². The fraction of sp³-hybridized carbons (Fsp3) is 0.222. The quantitative estimate of drug-likeness (QED) is 0.576. The first-order chi connectivity index (χ1) is 13.5. The molecular weight excluding hydrogens is 423 g/mol. The summed E-state index contributed by atoms with van der Waals surface area (Å²) in [6.07, 6.45) is -1.72. The number of alkyl halides is 3. The third kappa shape index (κ3) is 3.55. The summed E-state index contributed by atoms with van der Waals surface area (Å²) in [4.78, 5) is 20.3. The van der Waals surface area contributed by atoms with E-state index in [1.807, 2.05) is 0 Å². The number of pyridine rings is 1. The molecule has 1 fully saturated rings. The van der Waals surface area contributed by atoms with E-state index in [0.29, 0.717) is 10.6 Å². The largest absolute Gasteiger partial charge is 0.417 e. The van der Waals surface area contributed by atoms with Crippen LogP contribution >= 0.6 is 24.2 Å². The molecule has 2 N–H and O–H groups in total. The Kier molecular flexibility index (Phi) is 5.29. The van der Waals surface area contributed by atoms with Crippen molar-refractivity contribution in [2.24, 2.45) is 5.14 Å². The SMILES string of the molecule is CC1(C)C(=O)N(c2ccc(C#N)c(C(F)(F)F)c2)C(=S)N1c1cncc(SN)c1. The monoisotopic (exact) mass is 437 g/mol. The van der Waals surface area contributed by atoms with Gasteiger partial charge in [-0.05, 0) is 62.3 Å². The summed E-state index contributed by atoms with van der Waals surface area (Å²) in [7, 11) is 0. The molecule has 0 bridgehead atoms. The molecule has 1 aliphatic rings. The molecule has 0 spiro atoms. The zero-order chi connectivity index (χ0) is 21.6. The Morgan fingerprint density at radius 3 is 2.52 bits per heavy atom. The normalized spacial score (nSPS) is 16.3. The van der Waals surface area contributed by atoms with Crippen LogP contribution in [0.1, 0.15) is 25.0 Å². The Morgan fingerprint density at radius 1 is 1.24 bits per heavy atom. The summed E-state index contributed by atoms with van der Waals surface area (Å²) >= 11 is 6.41. The number of amides is 1. The lowest BCUT2D eigenvalue weighted by molar-refractivity contribution is -0.137. The van der Waals surface area contributed by atoms with Crippen LogP contribution in [0.15, 0.2) is 41.6 Å². The number of halogens is 3. The molecule has 11 heteroatoms. The van der Waals surface area contributed by atoms with Gasteiger partial charge in [-0.1, -0.05) is 0 Å². The Balaban J connectivity index is 2.12. The van der Waals surface area contributed by atoms with Crippen LogP contribution in [-0.4, -0.2) is 21.5 Å². The maximum Gasteiger partial charge on any atom is 0.417 e. The highest BCUT2D eigenvalue weighted by Crippen LogP contribution is 2.39. The van der Waals surface area contributed by atoms with Crippen LogP contribution in [0.25, 0.3) is 0 Å². The van der Waals surface area contributed by atoms with E-state index in [1.165, 1.54) is 29.4 Å². The van der Waals surface area contributed by atoms with Gasteiger partial charge >= 0.3 is 6.18 Å². The van der Waals surface area contributed by atoms with E-state index < -0.39 is 28.7 Å². The highest BCUT2D eigenvalue weighted by Gasteiger charge is 2.50. The Bertz CT molecular complexity index is 1050. The van der Waals surface area contributed by atoms with Gasteiger partial charge in [0.25, 0.3) is 5.91 Å². The zero-order valence-corrected chi connectivity index (χ0v) is 16.8. The van der Waals surface area contributed by atoms with Gasteiger partial charge in [-0.2, -0.15) is 18.4 Å². The average molecular weight is 437 g/mol. The molecule has 3 rings (SSSR count). The van der Waals surface area contributed by atoms with Crippen LogP contribution in [0.3, 0.4) is 0 Å². The summed E-state index contributed by atoms with van der Waals surface area (Å²) in [6, 6.07) is 6.25. The van der Waals surface area contributed by atoms with Crippen molar-refractivity contribution in [1.82, 2.24) is 4.98 Å². The van der Waals surface area contributed by atoms with E-state index in [-0.39, 0.29) is 10.8 Å². The second kappa shape index (κ2) is 7.29. The van der Waals surface area contributed by atoms with Crippen LogP contribution in [0.4, 0.5) is 24.5 Å². The molecule has 29 heavy (non-hydrogen) atoms. The van der Waals surface area contributed by atoms with Gasteiger partial charge in [-0.3, -0.25) is 19.8 Å². The molecule has 1 aromatic carbocycles. The molecule has 0 atom stereocenters. The van der Waals surface area contributed by atoms with Gasteiger partial charge in [-0.15, -0.1) is 0 Å². The molecule has 2 aromatic rings. The van der Waals surface area contributed by atoms with Crippen LogP contribution < -0.4 is 14.9 Å². The molecule has 0 unspecified atom stereocenters. The van der Waals surface area contributed by atoms with Crippen molar-refractivity contribution in [3.05, 3.63) is 47.8 Å². The molecule has 0 saturated carbocycles. The van der Waals surface area contributed by atoms with Gasteiger partial charge in [0.15, 0.2) is 5.11 Å². The number of nitrogens with zero attached hydrogens (tertiary/aromatic N) is 4. The molecule has 0 aliphatic carbocycles. The van der Waals surface area contributed by atoms with Crippen molar-refractivity contribution < 1.29 is 18.0 Å². The second-order valence-corrected chi connectivity index (χ2v) is 7.73. The first-order valence-corrected chi connectivity index (χ1v) is 9.43. The standard InChI is InChI=1S/C18H14F3N5OS2/c1-17(2)15(27)25(11-4-3-10(7-22)14(6-11)18(19,20)21)16(28)26(17)12-5-13(29-23)9-24-8-12/h3-6,8-9H,23H2,1-2H3. The number of aromatic nitrogens is 1. The highest BCUT2D eigenvalue weighted by molar-refractivity contribution is 7.97. The molecular formula is C18H14F3N5OS2. The van der Waals surface area contributed by atoms with Crippen LogP contribution in [0, 0.1) is 11.3 Å². The van der Waals surface area contributed by atoms with Gasteiger partial charge in [-0.25, -0.2) is 0 Å². The topological polar surface area (TPSA) is 86.2 Å². The van der Waals surface area contributed by atoms with Crippen molar-refractivity contribution in [3.8, 4) is 6.07 Å². The van der Waals surface area contributed by atoms with E-state index in [9.17, 15) is 18.0 Å². The van der Waals surface area contributed by atoms with Crippen molar-refractivity contribution in [1.29, 1.82) is 5.26 Å². The molecule has 1 saturated heterocycles. The minimum absolute atomic E-state index is 0.00111. The maximum absolute atomic E-state index is 13.4. The van der Waals surface area contributed by atoms with E-state index in [1.54, 1.807) is 19.9 Å². The fourth-order valence-corrected chi connectivity index (χ4v) is 3.89. The second-order valence-electron chi connectivity index (χ2n) is 6.65. The van der Waals surface area contributed by atoms with Crippen LogP contribution in [0.2, 0.25) is 0 Å². The van der Waals surface area contributed by atoms with Crippen molar-refractivity contribution in [3.63, 3.8) is 0 Å². The molecule has 1 amide bonds. The summed E-state index contributed by atoms with van der Waals surface area (Å²) in [5.74, 6) is -0.508. The number of nitriles is 1. The first-order valence-electron chi connectivity index (χ1n) is 8.14. The first kappa shape index (κ1) is 21.0. The third-order valence-electron chi connectivity index (χ3n) is 4.45. The van der Waals surface area contributed by atoms with E-state index in [0.717, 1.165) is 29.0 Å². The third-order valence-corrected chi connectivity index (χ3v) is 5.31. The van der Waals surface area contributed by atoms with Crippen LogP contribution in [0.5, 0.6) is 0 Å². The average Bonchev–Trinajstić information content (AvgIpc) is 2.85. The molecule has 2 heterocycles. The van der Waals surface area contributed by atoms with Crippen molar-refractivity contribution in [2.45, 2.75) is 30.5 Å². The number of rotatable bonds is 3. The Labute approximate surface area is 174 Å². The Morgan fingerprint density at radius 2 is 1.93 bits per heavy atom. The minimum Gasteiger partial charge on any atom is -0.302 e. The van der Waals surface area contributed by atoms with Gasteiger partial charge in [0, 0.05) is 11.1 Å². The van der Waals surface area contributed by atoms with E-state index >= 15 is 0 Å². The minimum atomic E-state index is -4.75. The highest BCUT2D eigenvalue weighted by atomic mass is 32.2.